The Morgan fingerprint density at radius 1 is 0.884 bits per heavy atom. The Labute approximate surface area is 257 Å². The highest BCUT2D eigenvalue weighted by atomic mass is 28.5. The van der Waals surface area contributed by atoms with Gasteiger partial charge in [-0.05, 0) is 118 Å². The number of rotatable bonds is 12. The Balaban J connectivity index is 1.61. The number of aromatic nitrogens is 3. The van der Waals surface area contributed by atoms with E-state index in [0.717, 1.165) is 23.0 Å². The van der Waals surface area contributed by atoms with Crippen LogP contribution in [0.1, 0.15) is 22.8 Å². The largest absolute Gasteiger partial charge is 0.508 e. The number of anilines is 2. The van der Waals surface area contributed by atoms with E-state index in [0.29, 0.717) is 23.1 Å². The fraction of sp³-hybridized carbons (Fsp3) is 0.387. The predicted molar refractivity (Wildman–Crippen MR) is 180 cm³/mol. The van der Waals surface area contributed by atoms with Gasteiger partial charge >= 0.3 is 14.5 Å². The number of hydrogen-bond acceptors (Lipinski definition) is 7. The molecule has 0 spiro atoms. The van der Waals surface area contributed by atoms with Crippen molar-refractivity contribution in [2.24, 2.45) is 5.92 Å². The summed E-state index contributed by atoms with van der Waals surface area (Å²) in [4.78, 5) is 15.4. The summed E-state index contributed by atoms with van der Waals surface area (Å²) in [5.41, 5.74) is 4.30. The molecular formula is C31H44N4O5Si3. The number of nitrogens with zero attached hydrogens (tertiary/aromatic N) is 4. The second-order valence-corrected chi connectivity index (χ2v) is 26.2. The van der Waals surface area contributed by atoms with Crippen LogP contribution in [-0.4, -0.2) is 63.4 Å². The third kappa shape index (κ3) is 8.42. The molecule has 1 atom stereocenters. The molecule has 0 aliphatic rings. The van der Waals surface area contributed by atoms with Crippen molar-refractivity contribution in [1.29, 1.82) is 0 Å². The lowest BCUT2D eigenvalue weighted by Crippen LogP contribution is -2.53. The Bertz CT molecular complexity index is 1560. The smallest absolute Gasteiger partial charge is 0.337 e. The van der Waals surface area contributed by atoms with Gasteiger partial charge in [0.1, 0.15) is 22.5 Å². The molecule has 0 bridgehead atoms. The van der Waals surface area contributed by atoms with Gasteiger partial charge in [-0.1, -0.05) is 19.1 Å². The van der Waals surface area contributed by atoms with E-state index in [1.165, 1.54) is 4.80 Å². The highest BCUT2D eigenvalue weighted by molar-refractivity contribution is 6.87. The van der Waals surface area contributed by atoms with Crippen LogP contribution in [0.4, 0.5) is 11.4 Å². The highest BCUT2D eigenvalue weighted by Gasteiger charge is 2.41. The maximum atomic E-state index is 12.1. The lowest BCUT2D eigenvalue weighted by Gasteiger charge is -2.39. The first-order valence-electron chi connectivity index (χ1n) is 14.6. The van der Waals surface area contributed by atoms with Crippen molar-refractivity contribution in [2.75, 3.05) is 11.9 Å². The molecule has 12 heteroatoms. The molecule has 0 amide bonds. The molecule has 0 fully saturated rings. The lowest BCUT2D eigenvalue weighted by atomic mass is 10.0. The molecule has 4 aromatic rings. The lowest BCUT2D eigenvalue weighted by molar-refractivity contribution is 0.0696. The van der Waals surface area contributed by atoms with E-state index in [9.17, 15) is 15.0 Å². The zero-order valence-corrected chi connectivity index (χ0v) is 29.7. The number of hydrogen-bond donors (Lipinski definition) is 2. The second-order valence-electron chi connectivity index (χ2n) is 13.4. The first-order valence-corrected chi connectivity index (χ1v) is 23.9. The molecule has 0 aliphatic heterocycles. The van der Waals surface area contributed by atoms with Crippen LogP contribution in [0.25, 0.3) is 16.7 Å². The van der Waals surface area contributed by atoms with Gasteiger partial charge in [-0.15, -0.1) is 15.0 Å². The summed E-state index contributed by atoms with van der Waals surface area (Å²) in [5.74, 6) is -0.575. The van der Waals surface area contributed by atoms with Crippen molar-refractivity contribution in [3.63, 3.8) is 0 Å². The molecule has 9 nitrogen and oxygen atoms in total. The van der Waals surface area contributed by atoms with E-state index in [4.69, 9.17) is 8.23 Å². The summed E-state index contributed by atoms with van der Waals surface area (Å²) in [6, 6.07) is 18.9. The van der Waals surface area contributed by atoms with E-state index in [1.807, 2.05) is 48.3 Å². The van der Waals surface area contributed by atoms with Crippen molar-refractivity contribution in [2.45, 2.75) is 65.2 Å². The van der Waals surface area contributed by atoms with Crippen LogP contribution < -0.4 is 4.90 Å². The molecule has 0 saturated heterocycles. The average Bonchev–Trinajstić information content (AvgIpc) is 3.31. The number of fused-ring (bicyclic) bond motifs is 1. The van der Waals surface area contributed by atoms with Gasteiger partial charge in [-0.3, -0.25) is 0 Å². The van der Waals surface area contributed by atoms with Crippen LogP contribution in [0.15, 0.2) is 60.7 Å². The Kier molecular flexibility index (Phi) is 9.38. The number of benzene rings is 3. The number of carboxylic acid groups (broad SMARTS) is 1. The molecule has 230 valence electrons. The van der Waals surface area contributed by atoms with Gasteiger partial charge < -0.3 is 23.3 Å². The maximum absolute atomic E-state index is 12.1. The van der Waals surface area contributed by atoms with E-state index in [2.05, 4.69) is 63.0 Å². The SMILES string of the molecule is CC(Cc1cc(N(C)c2ccc(C(=O)O)c(-n3nc4ccccc4n3)c2)ccc1O)C[Si](C)(O[Si](C)(C)C)O[Si](C)(C)C. The summed E-state index contributed by atoms with van der Waals surface area (Å²) in [5, 5.41) is 29.7. The third-order valence-electron chi connectivity index (χ3n) is 6.88. The molecule has 4 rings (SSSR count). The van der Waals surface area contributed by atoms with Gasteiger partial charge in [-0.25, -0.2) is 4.79 Å². The van der Waals surface area contributed by atoms with Gasteiger partial charge in [0.05, 0.1) is 5.56 Å². The summed E-state index contributed by atoms with van der Waals surface area (Å²) in [6.45, 7) is 17.6. The number of aromatic carboxylic acids is 1. The van der Waals surface area contributed by atoms with Crippen LogP contribution in [0.3, 0.4) is 0 Å². The standard InChI is InChI=1S/C31H44N4O5Si3/c1-22(21-43(9,39-41(3,4)5)40-42(6,7)8)18-23-19-24(15-17-30(23)36)34(2)25-14-16-26(31(37)38)29(20-25)35-32-27-12-10-11-13-28(27)33-35/h10-17,19-20,22,36H,18,21H2,1-9H3,(H,37,38). The minimum atomic E-state index is -2.44. The molecule has 1 heterocycles. The summed E-state index contributed by atoms with van der Waals surface area (Å²) >= 11 is 0. The topological polar surface area (TPSA) is 110 Å². The van der Waals surface area contributed by atoms with Crippen molar-refractivity contribution in [3.8, 4) is 11.4 Å². The molecule has 0 saturated carbocycles. The Hall–Kier alpha value is -3.30. The van der Waals surface area contributed by atoms with E-state index >= 15 is 0 Å². The fourth-order valence-electron chi connectivity index (χ4n) is 5.62. The van der Waals surface area contributed by atoms with Crippen molar-refractivity contribution < 1.29 is 23.2 Å². The van der Waals surface area contributed by atoms with E-state index in [1.54, 1.807) is 24.3 Å². The van der Waals surface area contributed by atoms with Crippen molar-refractivity contribution >= 4 is 53.6 Å². The third-order valence-corrected chi connectivity index (χ3v) is 16.7. The number of phenols is 1. The normalized spacial score (nSPS) is 13.3. The van der Waals surface area contributed by atoms with Crippen LogP contribution in [0.5, 0.6) is 5.75 Å². The number of carbonyl (C=O) groups is 1. The van der Waals surface area contributed by atoms with Crippen molar-refractivity contribution in [1.82, 2.24) is 15.0 Å². The van der Waals surface area contributed by atoms with Gasteiger partial charge in [0, 0.05) is 18.4 Å². The van der Waals surface area contributed by atoms with Crippen LogP contribution in [-0.2, 0) is 14.7 Å². The fourth-order valence-corrected chi connectivity index (χ4v) is 18.6. The Morgan fingerprint density at radius 2 is 1.42 bits per heavy atom. The molecule has 0 radical (unpaired) electrons. The number of phenolic OH excluding ortho intramolecular Hbond substituents is 1. The van der Waals surface area contributed by atoms with Crippen LogP contribution in [0, 0.1) is 5.92 Å². The number of aromatic hydroxyl groups is 1. The molecular weight excluding hydrogens is 593 g/mol. The molecule has 1 aromatic heterocycles. The van der Waals surface area contributed by atoms with Gasteiger partial charge in [0.2, 0.25) is 0 Å². The monoisotopic (exact) mass is 636 g/mol. The maximum Gasteiger partial charge on any atom is 0.337 e. The first kappa shape index (κ1) is 32.6. The minimum absolute atomic E-state index is 0.103. The van der Waals surface area contributed by atoms with E-state index in [-0.39, 0.29) is 17.2 Å². The predicted octanol–water partition coefficient (Wildman–Crippen LogP) is 7.55. The molecule has 1 unspecified atom stereocenters. The Morgan fingerprint density at radius 3 is 1.95 bits per heavy atom. The number of carboxylic acids is 1. The quantitative estimate of drug-likeness (QED) is 0.154. The second kappa shape index (κ2) is 12.4. The average molecular weight is 637 g/mol. The molecule has 0 aliphatic carbocycles. The zero-order valence-electron chi connectivity index (χ0n) is 26.7. The van der Waals surface area contributed by atoms with Crippen LogP contribution in [0.2, 0.25) is 51.9 Å². The highest BCUT2D eigenvalue weighted by Crippen LogP contribution is 2.34. The first-order chi connectivity index (χ1) is 19.9. The molecule has 2 N–H and O–H groups in total. The van der Waals surface area contributed by atoms with Crippen molar-refractivity contribution in [3.05, 3.63) is 71.8 Å². The summed E-state index contributed by atoms with van der Waals surface area (Å²) in [7, 11) is -4.16. The zero-order chi connectivity index (χ0) is 31.7. The summed E-state index contributed by atoms with van der Waals surface area (Å²) in [6.07, 6.45) is 0.674. The minimum Gasteiger partial charge on any atom is -0.508 e. The molecule has 3 aromatic carbocycles. The van der Waals surface area contributed by atoms with Gasteiger partial charge in [0.15, 0.2) is 16.6 Å². The van der Waals surface area contributed by atoms with Gasteiger partial charge in [0.25, 0.3) is 0 Å². The van der Waals surface area contributed by atoms with Crippen LogP contribution >= 0.6 is 0 Å². The molecule has 43 heavy (non-hydrogen) atoms. The van der Waals surface area contributed by atoms with E-state index < -0.39 is 31.2 Å². The summed E-state index contributed by atoms with van der Waals surface area (Å²) < 4.78 is 13.4. The van der Waals surface area contributed by atoms with Gasteiger partial charge in [-0.2, -0.15) is 0 Å².